The van der Waals surface area contributed by atoms with E-state index in [0.29, 0.717) is 24.1 Å². The van der Waals surface area contributed by atoms with E-state index in [4.69, 9.17) is 0 Å². The van der Waals surface area contributed by atoms with Gasteiger partial charge in [-0.1, -0.05) is 29.5 Å². The van der Waals surface area contributed by atoms with E-state index in [9.17, 15) is 9.59 Å². The van der Waals surface area contributed by atoms with Crippen LogP contribution in [0.25, 0.3) is 11.0 Å². The van der Waals surface area contributed by atoms with Crippen molar-refractivity contribution >= 4 is 16.9 Å². The van der Waals surface area contributed by atoms with Crippen molar-refractivity contribution in [1.82, 2.24) is 34.6 Å². The zero-order chi connectivity index (χ0) is 20.4. The van der Waals surface area contributed by atoms with Crippen LogP contribution in [-0.4, -0.2) is 66.7 Å². The maximum absolute atomic E-state index is 12.8. The molecule has 0 spiro atoms. The second-order valence-corrected chi connectivity index (χ2v) is 7.49. The van der Waals surface area contributed by atoms with Crippen molar-refractivity contribution < 1.29 is 4.79 Å². The molecule has 0 aliphatic carbocycles. The molecule has 0 saturated carbocycles. The van der Waals surface area contributed by atoms with Gasteiger partial charge in [0.25, 0.3) is 5.56 Å². The molecule has 0 unspecified atom stereocenters. The average molecular weight is 395 g/mol. The maximum atomic E-state index is 12.8. The molecule has 0 atom stereocenters. The van der Waals surface area contributed by atoms with Gasteiger partial charge in [0.1, 0.15) is 11.9 Å². The molecule has 1 saturated heterocycles. The van der Waals surface area contributed by atoms with Crippen molar-refractivity contribution in [1.29, 1.82) is 0 Å². The molecule has 1 aliphatic rings. The third-order valence-electron chi connectivity index (χ3n) is 5.50. The highest BCUT2D eigenvalue weighted by atomic mass is 16.2. The summed E-state index contributed by atoms with van der Waals surface area (Å²) in [4.78, 5) is 29.5. The zero-order valence-corrected chi connectivity index (χ0v) is 16.8. The van der Waals surface area contributed by atoms with Crippen LogP contribution in [0.2, 0.25) is 0 Å². The molecule has 9 nitrogen and oxygen atoms in total. The van der Waals surface area contributed by atoms with E-state index in [-0.39, 0.29) is 18.0 Å². The molecular formula is C20H25N7O2. The fraction of sp³-hybridized carbons (Fsp3) is 0.450. The van der Waals surface area contributed by atoms with Crippen molar-refractivity contribution in [2.45, 2.75) is 26.4 Å². The van der Waals surface area contributed by atoms with Crippen LogP contribution in [0.3, 0.4) is 0 Å². The minimum atomic E-state index is -0.340. The number of carbonyl (C=O) groups excluding carboxylic acids is 1. The van der Waals surface area contributed by atoms with E-state index < -0.39 is 0 Å². The summed E-state index contributed by atoms with van der Waals surface area (Å²) in [6.45, 7) is 5.98. The minimum absolute atomic E-state index is 0.103. The van der Waals surface area contributed by atoms with Gasteiger partial charge >= 0.3 is 0 Å². The predicted octanol–water partition coefficient (Wildman–Crippen LogP) is 0.568. The average Bonchev–Trinajstić information content (AvgIpc) is 2.94. The summed E-state index contributed by atoms with van der Waals surface area (Å²) < 4.78 is 2.62. The number of nitrogens with zero attached hydrogens (tertiary/aromatic N) is 7. The lowest BCUT2D eigenvalue weighted by atomic mass is 10.1. The Hall–Kier alpha value is -3.07. The summed E-state index contributed by atoms with van der Waals surface area (Å²) in [5, 5.41) is 12.3. The van der Waals surface area contributed by atoms with Gasteiger partial charge in [0.15, 0.2) is 5.65 Å². The second-order valence-electron chi connectivity index (χ2n) is 7.49. The van der Waals surface area contributed by atoms with Crippen molar-refractivity contribution in [2.75, 3.05) is 26.2 Å². The molecule has 4 rings (SSSR count). The highest BCUT2D eigenvalue weighted by molar-refractivity contribution is 5.77. The molecule has 9 heteroatoms. The smallest absolute Gasteiger partial charge is 0.281 e. The summed E-state index contributed by atoms with van der Waals surface area (Å²) in [6, 6.07) is 8.40. The lowest BCUT2D eigenvalue weighted by Crippen LogP contribution is -2.39. The van der Waals surface area contributed by atoms with Gasteiger partial charge < -0.3 is 4.90 Å². The topological polar surface area (TPSA) is 89.2 Å². The van der Waals surface area contributed by atoms with Crippen LogP contribution in [0.1, 0.15) is 17.5 Å². The van der Waals surface area contributed by atoms with Crippen molar-refractivity contribution in [3.05, 3.63) is 51.9 Å². The Balaban J connectivity index is 1.40. The normalized spacial score (nSPS) is 15.6. The molecule has 0 bridgehead atoms. The number of aryl methyl sites for hydroxylation is 2. The number of fused-ring (bicyclic) bond motifs is 1. The predicted molar refractivity (Wildman–Crippen MR) is 108 cm³/mol. The van der Waals surface area contributed by atoms with E-state index in [1.807, 2.05) is 4.90 Å². The molecule has 1 fully saturated rings. The zero-order valence-electron chi connectivity index (χ0n) is 16.8. The van der Waals surface area contributed by atoms with Crippen molar-refractivity contribution in [2.24, 2.45) is 7.05 Å². The molecular weight excluding hydrogens is 370 g/mol. The molecule has 1 aliphatic heterocycles. The lowest BCUT2D eigenvalue weighted by Gasteiger charge is -2.22. The molecule has 2 aromatic heterocycles. The number of carbonyl (C=O) groups is 1. The summed E-state index contributed by atoms with van der Waals surface area (Å²) >= 11 is 0. The van der Waals surface area contributed by atoms with Crippen LogP contribution in [0.5, 0.6) is 0 Å². The largest absolute Gasteiger partial charge is 0.340 e. The Morgan fingerprint density at radius 1 is 1.14 bits per heavy atom. The van der Waals surface area contributed by atoms with E-state index in [0.717, 1.165) is 30.7 Å². The van der Waals surface area contributed by atoms with Crippen molar-refractivity contribution in [3.63, 3.8) is 0 Å². The van der Waals surface area contributed by atoms with Crippen LogP contribution < -0.4 is 5.56 Å². The van der Waals surface area contributed by atoms with E-state index in [2.05, 4.69) is 51.5 Å². The van der Waals surface area contributed by atoms with Gasteiger partial charge in [0, 0.05) is 39.8 Å². The summed E-state index contributed by atoms with van der Waals surface area (Å²) in [5.74, 6) is -0.109. The van der Waals surface area contributed by atoms with Gasteiger partial charge in [-0.25, -0.2) is 9.36 Å². The second kappa shape index (κ2) is 8.12. The van der Waals surface area contributed by atoms with E-state index in [1.165, 1.54) is 22.0 Å². The summed E-state index contributed by atoms with van der Waals surface area (Å²) in [6.07, 6.45) is 2.36. The van der Waals surface area contributed by atoms with Crippen LogP contribution >= 0.6 is 0 Å². The number of rotatable bonds is 4. The van der Waals surface area contributed by atoms with Gasteiger partial charge in [0.05, 0.1) is 6.20 Å². The summed E-state index contributed by atoms with van der Waals surface area (Å²) in [5.41, 5.74) is 2.68. The number of amides is 1. The molecule has 1 aromatic carbocycles. The highest BCUT2D eigenvalue weighted by Crippen LogP contribution is 2.13. The fourth-order valence-corrected chi connectivity index (χ4v) is 3.71. The first kappa shape index (κ1) is 19.3. The monoisotopic (exact) mass is 395 g/mol. The van der Waals surface area contributed by atoms with Crippen LogP contribution in [0, 0.1) is 6.92 Å². The standard InChI is InChI=1S/C20H25N7O2/c1-15-6-3-4-7-16(15)13-25-8-5-9-26(11-10-25)18(28)14-27-20(29)17-12-21-24(2)19(17)22-23-27/h3-4,6-7,12H,5,8-11,13-14H2,1-2H3. The first-order valence-electron chi connectivity index (χ1n) is 9.83. The van der Waals surface area contributed by atoms with E-state index in [1.54, 1.807) is 7.05 Å². The number of benzene rings is 1. The molecule has 0 radical (unpaired) electrons. The Kier molecular flexibility index (Phi) is 5.39. The Labute approximate surface area is 168 Å². The third-order valence-corrected chi connectivity index (χ3v) is 5.50. The van der Waals surface area contributed by atoms with E-state index >= 15 is 0 Å². The van der Waals surface area contributed by atoms with Crippen LogP contribution in [0.15, 0.2) is 35.3 Å². The quantitative estimate of drug-likeness (QED) is 0.642. The Bertz CT molecular complexity index is 1090. The highest BCUT2D eigenvalue weighted by Gasteiger charge is 2.21. The Morgan fingerprint density at radius 2 is 1.97 bits per heavy atom. The number of hydrogen-bond donors (Lipinski definition) is 0. The first-order valence-corrected chi connectivity index (χ1v) is 9.83. The molecule has 3 aromatic rings. The third kappa shape index (κ3) is 4.04. The molecule has 3 heterocycles. The number of aromatic nitrogens is 5. The molecule has 0 N–H and O–H groups in total. The molecule has 152 valence electrons. The SMILES string of the molecule is Cc1ccccc1CN1CCCN(C(=O)Cn2nnc3c(cnn3C)c2=O)CC1. The van der Waals surface area contributed by atoms with Gasteiger partial charge in [-0.3, -0.25) is 14.5 Å². The van der Waals surface area contributed by atoms with Crippen LogP contribution in [0.4, 0.5) is 0 Å². The Morgan fingerprint density at radius 3 is 2.79 bits per heavy atom. The van der Waals surface area contributed by atoms with Gasteiger partial charge in [-0.15, -0.1) is 5.10 Å². The van der Waals surface area contributed by atoms with Gasteiger partial charge in [0.2, 0.25) is 5.91 Å². The molecule has 29 heavy (non-hydrogen) atoms. The first-order chi connectivity index (χ1) is 14.0. The lowest BCUT2D eigenvalue weighted by molar-refractivity contribution is -0.132. The van der Waals surface area contributed by atoms with Gasteiger partial charge in [-0.05, 0) is 24.5 Å². The minimum Gasteiger partial charge on any atom is -0.340 e. The van der Waals surface area contributed by atoms with Gasteiger partial charge in [-0.2, -0.15) is 5.10 Å². The van der Waals surface area contributed by atoms with Crippen molar-refractivity contribution in [3.8, 4) is 0 Å². The summed E-state index contributed by atoms with van der Waals surface area (Å²) in [7, 11) is 1.70. The maximum Gasteiger partial charge on any atom is 0.281 e. The fourth-order valence-electron chi connectivity index (χ4n) is 3.71. The van der Waals surface area contributed by atoms with Crippen LogP contribution in [-0.2, 0) is 24.9 Å². The molecule has 1 amide bonds. The number of hydrogen-bond acceptors (Lipinski definition) is 6.